The number of aromatic nitrogens is 2. The highest BCUT2D eigenvalue weighted by Crippen LogP contribution is 2.23. The Morgan fingerprint density at radius 3 is 3.00 bits per heavy atom. The number of hydrogen-bond donors (Lipinski definition) is 3. The minimum Gasteiger partial charge on any atom is -0.496 e. The van der Waals surface area contributed by atoms with E-state index < -0.39 is 0 Å². The van der Waals surface area contributed by atoms with Crippen LogP contribution in [0.3, 0.4) is 0 Å². The minimum atomic E-state index is 0.597. The fourth-order valence-corrected chi connectivity index (χ4v) is 1.85. The molecule has 0 amide bonds. The molecule has 0 saturated heterocycles. The second-order valence-corrected chi connectivity index (χ2v) is 3.97. The summed E-state index contributed by atoms with van der Waals surface area (Å²) in [4.78, 5) is 0. The third kappa shape index (κ3) is 2.81. The van der Waals surface area contributed by atoms with E-state index in [1.165, 1.54) is 0 Å². The summed E-state index contributed by atoms with van der Waals surface area (Å²) in [6.07, 6.45) is 2.53. The first-order valence-corrected chi connectivity index (χ1v) is 5.93. The normalized spacial score (nSPS) is 10.3. The van der Waals surface area contributed by atoms with Gasteiger partial charge in [0.15, 0.2) is 0 Å². The molecule has 2 rings (SSSR count). The van der Waals surface area contributed by atoms with E-state index in [2.05, 4.69) is 15.5 Å². The zero-order valence-corrected chi connectivity index (χ0v) is 10.4. The third-order valence-electron chi connectivity index (χ3n) is 2.74. The van der Waals surface area contributed by atoms with E-state index in [0.29, 0.717) is 6.54 Å². The molecule has 1 aromatic carbocycles. The number of nitrogens with zero attached hydrogens (tertiary/aromatic N) is 1. The average Bonchev–Trinajstić information content (AvgIpc) is 2.84. The second kappa shape index (κ2) is 6.07. The van der Waals surface area contributed by atoms with E-state index >= 15 is 0 Å². The summed E-state index contributed by atoms with van der Waals surface area (Å²) in [5, 5.41) is 10.3. The molecular weight excluding hydrogens is 228 g/mol. The number of benzene rings is 1. The predicted octanol–water partition coefficient (Wildman–Crippen LogP) is 1.38. The highest BCUT2D eigenvalue weighted by atomic mass is 16.5. The summed E-state index contributed by atoms with van der Waals surface area (Å²) >= 11 is 0. The lowest BCUT2D eigenvalue weighted by Crippen LogP contribution is -2.13. The molecule has 0 aliphatic heterocycles. The minimum absolute atomic E-state index is 0.597. The molecule has 0 aliphatic carbocycles. The van der Waals surface area contributed by atoms with Crippen LogP contribution in [0.1, 0.15) is 11.3 Å². The van der Waals surface area contributed by atoms with Crippen molar-refractivity contribution in [3.05, 3.63) is 41.7 Å². The van der Waals surface area contributed by atoms with Gasteiger partial charge in [0.05, 0.1) is 24.7 Å². The van der Waals surface area contributed by atoms with E-state index in [4.69, 9.17) is 10.5 Å². The molecular formula is C13H18N4O. The van der Waals surface area contributed by atoms with Gasteiger partial charge >= 0.3 is 0 Å². The Balaban J connectivity index is 2.15. The smallest absolute Gasteiger partial charge is 0.122 e. The molecule has 0 bridgehead atoms. The van der Waals surface area contributed by atoms with Crippen LogP contribution in [0.25, 0.3) is 0 Å². The number of para-hydroxylation sites is 1. The molecule has 2 aromatic rings. The topological polar surface area (TPSA) is 76.0 Å². The number of rotatable bonds is 6. The molecule has 1 heterocycles. The van der Waals surface area contributed by atoms with Crippen molar-refractivity contribution >= 4 is 5.69 Å². The molecule has 1 aromatic heterocycles. The zero-order valence-electron chi connectivity index (χ0n) is 10.4. The number of nitrogens with one attached hydrogen (secondary N) is 2. The molecule has 0 fully saturated rings. The van der Waals surface area contributed by atoms with E-state index in [0.717, 1.165) is 35.7 Å². The molecule has 96 valence electrons. The fourth-order valence-electron chi connectivity index (χ4n) is 1.85. The lowest BCUT2D eigenvalue weighted by molar-refractivity contribution is 0.410. The standard InChI is InChI=1S/C13H18N4O/c1-18-13-5-3-2-4-10(13)8-11-12(9-16-17-11)15-7-6-14/h2-5,9,15H,6-8,14H2,1H3,(H,16,17). The zero-order chi connectivity index (χ0) is 12.8. The first-order chi connectivity index (χ1) is 8.85. The van der Waals surface area contributed by atoms with Gasteiger partial charge in [-0.05, 0) is 6.07 Å². The van der Waals surface area contributed by atoms with Crippen LogP contribution in [0.2, 0.25) is 0 Å². The second-order valence-electron chi connectivity index (χ2n) is 3.97. The highest BCUT2D eigenvalue weighted by Gasteiger charge is 2.08. The van der Waals surface area contributed by atoms with Gasteiger partial charge in [-0.3, -0.25) is 5.10 Å². The van der Waals surface area contributed by atoms with Crippen molar-refractivity contribution in [1.82, 2.24) is 10.2 Å². The Hall–Kier alpha value is -2.01. The number of H-pyrrole nitrogens is 1. The quantitative estimate of drug-likeness (QED) is 0.719. The van der Waals surface area contributed by atoms with Crippen molar-refractivity contribution in [3.63, 3.8) is 0 Å². The Labute approximate surface area is 106 Å². The van der Waals surface area contributed by atoms with Gasteiger partial charge in [-0.2, -0.15) is 5.10 Å². The molecule has 0 atom stereocenters. The number of hydrogen-bond acceptors (Lipinski definition) is 4. The van der Waals surface area contributed by atoms with E-state index in [1.54, 1.807) is 13.3 Å². The van der Waals surface area contributed by atoms with E-state index in [9.17, 15) is 0 Å². The molecule has 4 N–H and O–H groups in total. The predicted molar refractivity (Wildman–Crippen MR) is 71.9 cm³/mol. The molecule has 0 spiro atoms. The largest absolute Gasteiger partial charge is 0.496 e. The van der Waals surface area contributed by atoms with Crippen molar-refractivity contribution in [1.29, 1.82) is 0 Å². The molecule has 0 unspecified atom stereocenters. The van der Waals surface area contributed by atoms with Crippen molar-refractivity contribution in [2.45, 2.75) is 6.42 Å². The Morgan fingerprint density at radius 2 is 2.22 bits per heavy atom. The molecule has 5 nitrogen and oxygen atoms in total. The van der Waals surface area contributed by atoms with Crippen molar-refractivity contribution in [2.75, 3.05) is 25.5 Å². The van der Waals surface area contributed by atoms with E-state index in [1.807, 2.05) is 24.3 Å². The third-order valence-corrected chi connectivity index (χ3v) is 2.74. The Kier molecular flexibility index (Phi) is 4.20. The number of aromatic amines is 1. The maximum atomic E-state index is 5.48. The number of nitrogens with two attached hydrogens (primary N) is 1. The molecule has 0 radical (unpaired) electrons. The molecule has 5 heteroatoms. The molecule has 0 aliphatic rings. The Bertz CT molecular complexity index is 495. The van der Waals surface area contributed by atoms with Gasteiger partial charge in [0, 0.05) is 25.1 Å². The van der Waals surface area contributed by atoms with Crippen molar-refractivity contribution in [2.24, 2.45) is 5.73 Å². The average molecular weight is 246 g/mol. The fraction of sp³-hybridized carbons (Fsp3) is 0.308. The van der Waals surface area contributed by atoms with Gasteiger partial charge < -0.3 is 15.8 Å². The summed E-state index contributed by atoms with van der Waals surface area (Å²) in [6, 6.07) is 7.97. The Morgan fingerprint density at radius 1 is 1.39 bits per heavy atom. The van der Waals surface area contributed by atoms with Crippen LogP contribution < -0.4 is 15.8 Å². The summed E-state index contributed by atoms with van der Waals surface area (Å²) < 4.78 is 5.34. The van der Waals surface area contributed by atoms with Crippen LogP contribution in [0.5, 0.6) is 5.75 Å². The number of ether oxygens (including phenoxy) is 1. The monoisotopic (exact) mass is 246 g/mol. The summed E-state index contributed by atoms with van der Waals surface area (Å²) in [6.45, 7) is 1.33. The molecule has 18 heavy (non-hydrogen) atoms. The van der Waals surface area contributed by atoms with Crippen molar-refractivity contribution < 1.29 is 4.74 Å². The van der Waals surface area contributed by atoms with Crippen LogP contribution in [-0.2, 0) is 6.42 Å². The number of methoxy groups -OCH3 is 1. The lowest BCUT2D eigenvalue weighted by Gasteiger charge is -2.09. The van der Waals surface area contributed by atoms with Crippen molar-refractivity contribution in [3.8, 4) is 5.75 Å². The van der Waals surface area contributed by atoms with Gasteiger partial charge in [0.1, 0.15) is 5.75 Å². The van der Waals surface area contributed by atoms with Gasteiger partial charge in [0.25, 0.3) is 0 Å². The SMILES string of the molecule is COc1ccccc1Cc1[nH]ncc1NCCN. The van der Waals surface area contributed by atoms with Crippen LogP contribution in [0.15, 0.2) is 30.5 Å². The van der Waals surface area contributed by atoms with Gasteiger partial charge in [-0.1, -0.05) is 18.2 Å². The summed E-state index contributed by atoms with van der Waals surface area (Å²) in [5.41, 5.74) is 8.63. The lowest BCUT2D eigenvalue weighted by atomic mass is 10.1. The molecule has 0 saturated carbocycles. The maximum absolute atomic E-state index is 5.48. The van der Waals surface area contributed by atoms with Gasteiger partial charge in [0.2, 0.25) is 0 Å². The van der Waals surface area contributed by atoms with E-state index in [-0.39, 0.29) is 0 Å². The van der Waals surface area contributed by atoms with Crippen LogP contribution in [0.4, 0.5) is 5.69 Å². The maximum Gasteiger partial charge on any atom is 0.122 e. The van der Waals surface area contributed by atoms with Crippen LogP contribution in [0, 0.1) is 0 Å². The summed E-state index contributed by atoms with van der Waals surface area (Å²) in [5.74, 6) is 0.886. The van der Waals surface area contributed by atoms with Crippen LogP contribution >= 0.6 is 0 Å². The first-order valence-electron chi connectivity index (χ1n) is 5.93. The first kappa shape index (κ1) is 12.4. The number of anilines is 1. The van der Waals surface area contributed by atoms with Gasteiger partial charge in [-0.25, -0.2) is 0 Å². The van der Waals surface area contributed by atoms with Crippen LogP contribution in [-0.4, -0.2) is 30.4 Å². The summed E-state index contributed by atoms with van der Waals surface area (Å²) in [7, 11) is 1.68. The highest BCUT2D eigenvalue weighted by molar-refractivity contribution is 5.49. The van der Waals surface area contributed by atoms with Gasteiger partial charge in [-0.15, -0.1) is 0 Å².